The number of alkyl halides is 3. The van der Waals surface area contributed by atoms with Gasteiger partial charge in [0, 0.05) is 102 Å². The van der Waals surface area contributed by atoms with Crippen molar-refractivity contribution in [3.8, 4) is 0 Å². The third-order valence-corrected chi connectivity index (χ3v) is 14.4. The Bertz CT molecular complexity index is 2380. The molecule has 0 spiro atoms. The fourth-order valence-electron chi connectivity index (χ4n) is 10.7. The van der Waals surface area contributed by atoms with Crippen molar-refractivity contribution >= 4 is 58.1 Å². The van der Waals surface area contributed by atoms with Crippen molar-refractivity contribution < 1.29 is 37.1 Å². The molecule has 15 nitrogen and oxygen atoms in total. The number of pyridine rings is 1. The van der Waals surface area contributed by atoms with Gasteiger partial charge in [-0.25, -0.2) is 9.83 Å². The number of rotatable bonds is 10. The number of piperidine rings is 4. The zero-order chi connectivity index (χ0) is 46.1. The lowest BCUT2D eigenvalue weighted by atomic mass is 9.95. The van der Waals surface area contributed by atoms with Gasteiger partial charge in [0.15, 0.2) is 5.69 Å². The predicted octanol–water partition coefficient (Wildman–Crippen LogP) is 5.66. The van der Waals surface area contributed by atoms with E-state index in [-0.39, 0.29) is 24.7 Å². The average molecular weight is 909 g/mol. The third-order valence-electron chi connectivity index (χ3n) is 14.4. The summed E-state index contributed by atoms with van der Waals surface area (Å²) in [5, 5.41) is 5.18. The van der Waals surface area contributed by atoms with Crippen molar-refractivity contribution in [1.29, 1.82) is 0 Å². The van der Waals surface area contributed by atoms with E-state index >= 15 is 0 Å². The summed E-state index contributed by atoms with van der Waals surface area (Å²) in [5.41, 5.74) is 1.58. The van der Waals surface area contributed by atoms with E-state index in [2.05, 4.69) is 40.1 Å². The highest BCUT2D eigenvalue weighted by Gasteiger charge is 2.45. The Morgan fingerprint density at radius 3 is 2.03 bits per heavy atom. The number of benzene rings is 2. The number of hydrogen-bond donors (Lipinski definition) is 2. The Morgan fingerprint density at radius 2 is 1.36 bits per heavy atom. The topological polar surface area (TPSA) is 146 Å². The Labute approximate surface area is 382 Å². The minimum Gasteiger partial charge on any atom is -0.372 e. The number of hydrogen-bond acceptors (Lipinski definition) is 11. The number of anilines is 4. The summed E-state index contributed by atoms with van der Waals surface area (Å²) >= 11 is 0. The number of carbonyl (C=O) groups is 5. The standard InChI is InChI=1S/C48H55F3N10O5/c1-52-40-8-5-35(26-39(40)48(49,50)51)58-19-14-33(15-20-58)44(63)54-42-10-6-36(27-53-42)59-17-12-31(13-18-59)28-56-21-23-57(24-22-56)29-32-3-2-16-60(30-32)34-4-7-37-38(25-34)47(66)61(46(37)65)41-9-11-43(62)55-45(41)64/h4-8,10,25-27,31-33,41H,2-3,9,11-24,28-30H2,(H,53,54,63)(H,55,62,64)/t32-,41?/m0/s1. The van der Waals surface area contributed by atoms with Gasteiger partial charge in [-0.1, -0.05) is 6.07 Å². The van der Waals surface area contributed by atoms with Crippen LogP contribution in [0.25, 0.3) is 4.85 Å². The molecule has 3 aromatic rings. The summed E-state index contributed by atoms with van der Waals surface area (Å²) in [5.74, 6) is -0.824. The van der Waals surface area contributed by atoms with Gasteiger partial charge in [-0.3, -0.25) is 34.2 Å². The molecule has 2 atom stereocenters. The molecule has 0 radical (unpaired) electrons. The maximum atomic E-state index is 13.5. The zero-order valence-electron chi connectivity index (χ0n) is 36.9. The molecule has 0 aliphatic carbocycles. The van der Waals surface area contributed by atoms with Gasteiger partial charge in [0.1, 0.15) is 11.9 Å². The molecule has 2 aromatic carbocycles. The van der Waals surface area contributed by atoms with Crippen LogP contribution in [0.2, 0.25) is 0 Å². The lowest BCUT2D eigenvalue weighted by Gasteiger charge is -2.41. The van der Waals surface area contributed by atoms with Crippen LogP contribution >= 0.6 is 0 Å². The molecule has 2 N–H and O–H groups in total. The number of carbonyl (C=O) groups excluding carboxylic acids is 5. The molecule has 18 heteroatoms. The number of nitrogens with one attached hydrogen (secondary N) is 2. The molecule has 7 heterocycles. The lowest BCUT2D eigenvalue weighted by Crippen LogP contribution is -2.54. The maximum Gasteiger partial charge on any atom is 0.407 e. The molecule has 5 saturated heterocycles. The number of imide groups is 2. The van der Waals surface area contributed by atoms with Crippen molar-refractivity contribution in [2.75, 3.05) is 98.6 Å². The van der Waals surface area contributed by atoms with E-state index in [1.807, 2.05) is 29.3 Å². The fraction of sp³-hybridized carbons (Fsp3) is 0.521. The highest BCUT2D eigenvalue weighted by molar-refractivity contribution is 6.23. The number of amides is 5. The first-order valence-corrected chi connectivity index (χ1v) is 23.2. The molecule has 6 aliphatic heterocycles. The van der Waals surface area contributed by atoms with E-state index in [0.717, 1.165) is 113 Å². The second-order valence-electron chi connectivity index (χ2n) is 18.6. The van der Waals surface area contributed by atoms with Gasteiger partial charge < -0.3 is 29.8 Å². The average Bonchev–Trinajstić information content (AvgIpc) is 3.57. The molecular weight excluding hydrogens is 854 g/mol. The highest BCUT2D eigenvalue weighted by Crippen LogP contribution is 2.40. The van der Waals surface area contributed by atoms with Crippen LogP contribution in [0.1, 0.15) is 77.6 Å². The smallest absolute Gasteiger partial charge is 0.372 e. The number of aromatic nitrogens is 1. The Kier molecular flexibility index (Phi) is 13.0. The van der Waals surface area contributed by atoms with Crippen LogP contribution in [-0.4, -0.2) is 134 Å². The molecule has 5 amide bonds. The number of piperazine rings is 1. The first kappa shape index (κ1) is 45.1. The van der Waals surface area contributed by atoms with Gasteiger partial charge in [0.25, 0.3) is 11.8 Å². The van der Waals surface area contributed by atoms with Crippen LogP contribution in [0.15, 0.2) is 54.7 Å². The largest absolute Gasteiger partial charge is 0.407 e. The fourth-order valence-corrected chi connectivity index (χ4v) is 10.7. The number of nitrogens with zero attached hydrogens (tertiary/aromatic N) is 8. The van der Waals surface area contributed by atoms with Crippen molar-refractivity contribution in [2.45, 2.75) is 63.6 Å². The molecule has 1 aromatic heterocycles. The second kappa shape index (κ2) is 19.0. The molecule has 0 saturated carbocycles. The molecule has 348 valence electrons. The van der Waals surface area contributed by atoms with Crippen molar-refractivity contribution in [3.05, 3.63) is 82.8 Å². The summed E-state index contributed by atoms with van der Waals surface area (Å²) in [4.78, 5) is 84.2. The van der Waals surface area contributed by atoms with Gasteiger partial charge in [-0.2, -0.15) is 13.2 Å². The van der Waals surface area contributed by atoms with Crippen LogP contribution in [0.4, 0.5) is 41.7 Å². The van der Waals surface area contributed by atoms with Gasteiger partial charge >= 0.3 is 6.18 Å². The Hall–Kier alpha value is -6.06. The zero-order valence-corrected chi connectivity index (χ0v) is 36.9. The van der Waals surface area contributed by atoms with E-state index < -0.39 is 47.1 Å². The van der Waals surface area contributed by atoms with E-state index in [0.29, 0.717) is 60.4 Å². The summed E-state index contributed by atoms with van der Waals surface area (Å²) in [6, 6.07) is 12.0. The van der Waals surface area contributed by atoms with Crippen molar-refractivity contribution in [3.63, 3.8) is 0 Å². The SMILES string of the molecule is [C-]#[N+]c1ccc(N2CCC(C(=O)Nc3ccc(N4CCC(CN5CCN(C[C@@H]6CCCN(c7ccc8c(c7)C(=O)N(C7CCC(=O)NC7=O)C8=O)C6)CC5)CC4)cn3)CC2)cc1C(F)(F)F. The Morgan fingerprint density at radius 1 is 0.727 bits per heavy atom. The van der Waals surface area contributed by atoms with E-state index in [1.54, 1.807) is 12.1 Å². The monoisotopic (exact) mass is 908 g/mol. The van der Waals surface area contributed by atoms with E-state index in [9.17, 15) is 37.1 Å². The van der Waals surface area contributed by atoms with Gasteiger partial charge in [0.05, 0.1) is 35.1 Å². The van der Waals surface area contributed by atoms with Crippen LogP contribution < -0.4 is 25.3 Å². The highest BCUT2D eigenvalue weighted by atomic mass is 19.4. The van der Waals surface area contributed by atoms with E-state index in [1.165, 1.54) is 12.1 Å². The normalized spacial score (nSPS) is 22.9. The first-order valence-electron chi connectivity index (χ1n) is 23.2. The first-order chi connectivity index (χ1) is 31.8. The van der Waals surface area contributed by atoms with Crippen LogP contribution in [0.3, 0.4) is 0 Å². The van der Waals surface area contributed by atoms with Crippen molar-refractivity contribution in [1.82, 2.24) is 25.0 Å². The van der Waals surface area contributed by atoms with Crippen LogP contribution in [0, 0.1) is 24.3 Å². The van der Waals surface area contributed by atoms with Gasteiger partial charge in [-0.15, -0.1) is 0 Å². The van der Waals surface area contributed by atoms with Gasteiger partial charge in [-0.05, 0) is 99.2 Å². The molecule has 9 rings (SSSR count). The summed E-state index contributed by atoms with van der Waals surface area (Å²) in [6.07, 6.45) is 2.76. The molecule has 1 unspecified atom stereocenters. The van der Waals surface area contributed by atoms with Crippen LogP contribution in [-0.2, 0) is 20.6 Å². The van der Waals surface area contributed by atoms with Crippen molar-refractivity contribution in [2.24, 2.45) is 17.8 Å². The minimum atomic E-state index is -4.61. The molecular formula is C48H55F3N10O5. The molecule has 6 aliphatic rings. The Balaban J connectivity index is 0.679. The van der Waals surface area contributed by atoms with Crippen LogP contribution in [0.5, 0.6) is 0 Å². The third kappa shape index (κ3) is 9.73. The predicted molar refractivity (Wildman–Crippen MR) is 241 cm³/mol. The maximum absolute atomic E-state index is 13.5. The molecule has 0 bridgehead atoms. The van der Waals surface area contributed by atoms with E-state index in [4.69, 9.17) is 6.57 Å². The number of fused-ring (bicyclic) bond motifs is 1. The molecule has 66 heavy (non-hydrogen) atoms. The quantitative estimate of drug-likeness (QED) is 0.192. The molecule has 5 fully saturated rings. The summed E-state index contributed by atoms with van der Waals surface area (Å²) in [6.45, 7) is 17.8. The number of halogens is 3. The lowest BCUT2D eigenvalue weighted by molar-refractivity contribution is -0.137. The minimum absolute atomic E-state index is 0.0883. The van der Waals surface area contributed by atoms with Gasteiger partial charge in [0.2, 0.25) is 17.7 Å². The summed E-state index contributed by atoms with van der Waals surface area (Å²) < 4.78 is 40.5. The second-order valence-corrected chi connectivity index (χ2v) is 18.6. The summed E-state index contributed by atoms with van der Waals surface area (Å²) in [7, 11) is 0.